The Bertz CT molecular complexity index is 363. The average Bonchev–Trinajstić information content (AvgIpc) is 2.63. The van der Waals surface area contributed by atoms with Crippen molar-refractivity contribution in [2.75, 3.05) is 6.79 Å². The van der Waals surface area contributed by atoms with Gasteiger partial charge in [0, 0.05) is 4.83 Å². The molecule has 88 valence electrons. The topological polar surface area (TPSA) is 18.5 Å². The van der Waals surface area contributed by atoms with Gasteiger partial charge in [-0.1, -0.05) is 35.8 Å². The summed E-state index contributed by atoms with van der Waals surface area (Å²) < 4.78 is 10.7. The minimum atomic E-state index is 0.350. The van der Waals surface area contributed by atoms with E-state index in [-0.39, 0.29) is 0 Å². The highest BCUT2D eigenvalue weighted by atomic mass is 79.9. The predicted molar refractivity (Wildman–Crippen MR) is 68.4 cm³/mol. The third kappa shape index (κ3) is 2.91. The second kappa shape index (κ2) is 5.09. The monoisotopic (exact) mass is 284 g/mol. The van der Waals surface area contributed by atoms with Crippen LogP contribution in [0.1, 0.15) is 25.8 Å². The molecule has 0 bridgehead atoms. The Morgan fingerprint density at radius 3 is 2.75 bits per heavy atom. The van der Waals surface area contributed by atoms with Gasteiger partial charge in [-0.3, -0.25) is 0 Å². The number of fused-ring (bicyclic) bond motifs is 1. The van der Waals surface area contributed by atoms with Crippen molar-refractivity contribution >= 4 is 15.9 Å². The van der Waals surface area contributed by atoms with Crippen molar-refractivity contribution in [2.45, 2.75) is 31.5 Å². The van der Waals surface area contributed by atoms with Gasteiger partial charge in [-0.2, -0.15) is 0 Å². The lowest BCUT2D eigenvalue weighted by Crippen LogP contribution is -2.06. The molecule has 0 saturated heterocycles. The summed E-state index contributed by atoms with van der Waals surface area (Å²) in [5.41, 5.74) is 1.30. The van der Waals surface area contributed by atoms with E-state index < -0.39 is 0 Å². The Balaban J connectivity index is 1.99. The highest BCUT2D eigenvalue weighted by Gasteiger charge is 2.15. The van der Waals surface area contributed by atoms with Gasteiger partial charge < -0.3 is 9.47 Å². The van der Waals surface area contributed by atoms with Gasteiger partial charge in [-0.25, -0.2) is 0 Å². The van der Waals surface area contributed by atoms with Crippen LogP contribution in [0.15, 0.2) is 18.2 Å². The van der Waals surface area contributed by atoms with Gasteiger partial charge in [0.25, 0.3) is 0 Å². The lowest BCUT2D eigenvalue weighted by molar-refractivity contribution is 0.174. The fourth-order valence-corrected chi connectivity index (χ4v) is 3.04. The zero-order valence-corrected chi connectivity index (χ0v) is 11.3. The van der Waals surface area contributed by atoms with E-state index >= 15 is 0 Å². The standard InChI is InChI=1S/C13H17BrO2/c1-9(2)5-11(14)6-10-3-4-12-13(7-10)16-8-15-12/h3-4,7,9,11H,5-6,8H2,1-2H3. The van der Waals surface area contributed by atoms with Crippen LogP contribution in [0.25, 0.3) is 0 Å². The Morgan fingerprint density at radius 2 is 2.00 bits per heavy atom. The number of rotatable bonds is 4. The van der Waals surface area contributed by atoms with E-state index in [1.807, 2.05) is 6.07 Å². The second-order valence-electron chi connectivity index (χ2n) is 4.62. The molecular weight excluding hydrogens is 268 g/mol. The van der Waals surface area contributed by atoms with E-state index in [9.17, 15) is 0 Å². The lowest BCUT2D eigenvalue weighted by atomic mass is 10.0. The normalized spacial score (nSPS) is 15.5. The molecule has 0 aromatic heterocycles. The molecule has 0 radical (unpaired) electrons. The van der Waals surface area contributed by atoms with Crippen molar-refractivity contribution < 1.29 is 9.47 Å². The third-order valence-corrected chi connectivity index (χ3v) is 3.32. The number of hydrogen-bond acceptors (Lipinski definition) is 2. The summed E-state index contributed by atoms with van der Waals surface area (Å²) in [4.78, 5) is 0.535. The molecule has 1 aliphatic heterocycles. The Hall–Kier alpha value is -0.700. The first-order valence-electron chi connectivity index (χ1n) is 5.67. The summed E-state index contributed by atoms with van der Waals surface area (Å²) in [6.45, 7) is 4.84. The van der Waals surface area contributed by atoms with Crippen LogP contribution in [0, 0.1) is 5.92 Å². The Labute approximate surface area is 105 Å². The van der Waals surface area contributed by atoms with Gasteiger partial charge in [0.2, 0.25) is 6.79 Å². The number of hydrogen-bond donors (Lipinski definition) is 0. The van der Waals surface area contributed by atoms with Gasteiger partial charge in [0.1, 0.15) is 0 Å². The van der Waals surface area contributed by atoms with Crippen molar-refractivity contribution in [1.29, 1.82) is 0 Å². The van der Waals surface area contributed by atoms with Crippen molar-refractivity contribution in [3.05, 3.63) is 23.8 Å². The van der Waals surface area contributed by atoms with E-state index in [1.165, 1.54) is 12.0 Å². The van der Waals surface area contributed by atoms with Crippen molar-refractivity contribution in [3.8, 4) is 11.5 Å². The van der Waals surface area contributed by atoms with Crippen LogP contribution in [0.5, 0.6) is 11.5 Å². The first-order chi connectivity index (χ1) is 7.65. The molecule has 3 heteroatoms. The molecule has 0 amide bonds. The minimum Gasteiger partial charge on any atom is -0.454 e. The molecule has 2 rings (SSSR count). The molecule has 2 nitrogen and oxygen atoms in total. The first-order valence-corrected chi connectivity index (χ1v) is 6.59. The molecule has 1 aromatic carbocycles. The molecule has 1 unspecified atom stereocenters. The number of ether oxygens (including phenoxy) is 2. The molecule has 0 fully saturated rings. The summed E-state index contributed by atoms with van der Waals surface area (Å²) in [6, 6.07) is 6.19. The quantitative estimate of drug-likeness (QED) is 0.784. The van der Waals surface area contributed by atoms with Gasteiger partial charge in [0.15, 0.2) is 11.5 Å². The summed E-state index contributed by atoms with van der Waals surface area (Å²) in [6.07, 6.45) is 2.23. The summed E-state index contributed by atoms with van der Waals surface area (Å²) in [5.74, 6) is 2.46. The van der Waals surface area contributed by atoms with Crippen LogP contribution < -0.4 is 9.47 Å². The average molecular weight is 285 g/mol. The molecule has 0 spiro atoms. The van der Waals surface area contributed by atoms with Crippen LogP contribution in [0.3, 0.4) is 0 Å². The first kappa shape index (κ1) is 11.8. The molecule has 1 aromatic rings. The maximum atomic E-state index is 5.36. The van der Waals surface area contributed by atoms with Crippen molar-refractivity contribution in [3.63, 3.8) is 0 Å². The highest BCUT2D eigenvalue weighted by molar-refractivity contribution is 9.09. The van der Waals surface area contributed by atoms with Crippen molar-refractivity contribution in [1.82, 2.24) is 0 Å². The second-order valence-corrected chi connectivity index (χ2v) is 5.91. The predicted octanol–water partition coefficient (Wildman–Crippen LogP) is 3.77. The highest BCUT2D eigenvalue weighted by Crippen LogP contribution is 2.33. The van der Waals surface area contributed by atoms with Gasteiger partial charge >= 0.3 is 0 Å². The molecule has 16 heavy (non-hydrogen) atoms. The molecule has 0 N–H and O–H groups in total. The van der Waals surface area contributed by atoms with Crippen LogP contribution in [0.2, 0.25) is 0 Å². The minimum absolute atomic E-state index is 0.350. The molecule has 0 aliphatic carbocycles. The Morgan fingerprint density at radius 1 is 1.25 bits per heavy atom. The van der Waals surface area contributed by atoms with Gasteiger partial charge in [-0.15, -0.1) is 0 Å². The zero-order chi connectivity index (χ0) is 11.5. The smallest absolute Gasteiger partial charge is 0.231 e. The number of alkyl halides is 1. The van der Waals surface area contributed by atoms with E-state index in [2.05, 4.69) is 41.9 Å². The summed E-state index contributed by atoms with van der Waals surface area (Å²) >= 11 is 3.72. The number of benzene rings is 1. The van der Waals surface area contributed by atoms with E-state index in [1.54, 1.807) is 0 Å². The third-order valence-electron chi connectivity index (χ3n) is 2.62. The fraction of sp³-hybridized carbons (Fsp3) is 0.538. The molecule has 1 heterocycles. The largest absolute Gasteiger partial charge is 0.454 e. The maximum Gasteiger partial charge on any atom is 0.231 e. The molecule has 1 aliphatic rings. The molecule has 0 saturated carbocycles. The van der Waals surface area contributed by atoms with Gasteiger partial charge in [0.05, 0.1) is 0 Å². The summed E-state index contributed by atoms with van der Waals surface area (Å²) in [7, 11) is 0. The van der Waals surface area contributed by atoms with E-state index in [0.29, 0.717) is 11.6 Å². The number of halogens is 1. The van der Waals surface area contributed by atoms with E-state index in [4.69, 9.17) is 9.47 Å². The van der Waals surface area contributed by atoms with Crippen molar-refractivity contribution in [2.24, 2.45) is 5.92 Å². The summed E-state index contributed by atoms with van der Waals surface area (Å²) in [5, 5.41) is 0. The van der Waals surface area contributed by atoms with Crippen LogP contribution in [-0.2, 0) is 6.42 Å². The van der Waals surface area contributed by atoms with Crippen LogP contribution in [0.4, 0.5) is 0 Å². The van der Waals surface area contributed by atoms with Crippen LogP contribution in [-0.4, -0.2) is 11.6 Å². The Kier molecular flexibility index (Phi) is 3.74. The molecular formula is C13H17BrO2. The maximum absolute atomic E-state index is 5.36. The fourth-order valence-electron chi connectivity index (χ4n) is 1.92. The molecule has 1 atom stereocenters. The zero-order valence-electron chi connectivity index (χ0n) is 9.70. The van der Waals surface area contributed by atoms with E-state index in [0.717, 1.165) is 23.8 Å². The van der Waals surface area contributed by atoms with Gasteiger partial charge in [-0.05, 0) is 36.5 Å². The SMILES string of the molecule is CC(C)CC(Br)Cc1ccc2c(c1)OCO2. The van der Waals surface area contributed by atoms with Crippen LogP contribution >= 0.6 is 15.9 Å². The lowest BCUT2D eigenvalue weighted by Gasteiger charge is -2.12.